The van der Waals surface area contributed by atoms with Gasteiger partial charge in [0.2, 0.25) is 0 Å². The van der Waals surface area contributed by atoms with E-state index in [2.05, 4.69) is 140 Å². The molecule has 1 aliphatic rings. The second-order valence-electron chi connectivity index (χ2n) is 10.9. The quantitative estimate of drug-likeness (QED) is 0.0951. The van der Waals surface area contributed by atoms with E-state index in [0.717, 1.165) is 22.1 Å². The van der Waals surface area contributed by atoms with Crippen LogP contribution >= 0.6 is 0 Å². The fourth-order valence-electron chi connectivity index (χ4n) is 6.33. The largest absolute Gasteiger partial charge is 0.398 e. The molecule has 190 valence electrons. The molecule has 0 amide bonds. The monoisotopic (exact) mass is 505 g/mol. The Balaban J connectivity index is 1.28. The van der Waals surface area contributed by atoms with E-state index in [0.29, 0.717) is 6.54 Å². The van der Waals surface area contributed by atoms with Crippen molar-refractivity contribution in [3.8, 4) is 11.1 Å². The minimum absolute atomic E-state index is 0.0640. The molecule has 0 bridgehead atoms. The van der Waals surface area contributed by atoms with Crippen LogP contribution in [0.5, 0.6) is 0 Å². The summed E-state index contributed by atoms with van der Waals surface area (Å²) in [4.78, 5) is 0. The number of fused-ring (bicyclic) bond motifs is 6. The summed E-state index contributed by atoms with van der Waals surface area (Å²) in [6.45, 7) is 5.32. The fourth-order valence-corrected chi connectivity index (χ4v) is 6.33. The van der Waals surface area contributed by atoms with Crippen molar-refractivity contribution < 1.29 is 0 Å². The highest BCUT2D eigenvalue weighted by molar-refractivity contribution is 6.17. The number of hydrogen-bond acceptors (Lipinski definition) is 3. The van der Waals surface area contributed by atoms with Gasteiger partial charge in [0.1, 0.15) is 0 Å². The van der Waals surface area contributed by atoms with Crippen LogP contribution in [0.25, 0.3) is 49.5 Å². The van der Waals surface area contributed by atoms with Gasteiger partial charge in [-0.25, -0.2) is 5.43 Å². The molecule has 39 heavy (non-hydrogen) atoms. The highest BCUT2D eigenvalue weighted by atomic mass is 15.3. The predicted molar refractivity (Wildman–Crippen MR) is 168 cm³/mol. The Morgan fingerprint density at radius 1 is 0.667 bits per heavy atom. The highest BCUT2D eigenvalue weighted by Crippen LogP contribution is 2.51. The Bertz CT molecular complexity index is 1930. The van der Waals surface area contributed by atoms with Gasteiger partial charge in [-0.3, -0.25) is 0 Å². The lowest BCUT2D eigenvalue weighted by Crippen LogP contribution is -2.21. The summed E-state index contributed by atoms with van der Waals surface area (Å²) in [5, 5.41) is 7.00. The van der Waals surface area contributed by atoms with Gasteiger partial charge in [0, 0.05) is 33.8 Å². The number of anilines is 2. The van der Waals surface area contributed by atoms with Crippen molar-refractivity contribution >= 4 is 49.8 Å². The summed E-state index contributed by atoms with van der Waals surface area (Å²) in [6, 6.07) is 36.7. The molecule has 7 rings (SSSR count). The first kappa shape index (κ1) is 23.5. The Morgan fingerprint density at radius 3 is 2.26 bits per heavy atom. The molecular weight excluding hydrogens is 474 g/mol. The first-order valence-corrected chi connectivity index (χ1v) is 13.6. The van der Waals surface area contributed by atoms with Crippen molar-refractivity contribution in [3.63, 3.8) is 0 Å². The van der Waals surface area contributed by atoms with Crippen molar-refractivity contribution in [2.45, 2.75) is 19.3 Å². The molecule has 0 atom stereocenters. The normalized spacial score (nSPS) is 13.8. The molecule has 6 aromatic rings. The van der Waals surface area contributed by atoms with E-state index in [1.165, 1.54) is 49.4 Å². The van der Waals surface area contributed by atoms with Crippen LogP contribution in [0.4, 0.5) is 11.4 Å². The number of nitrogens with two attached hydrogens (primary N) is 1. The molecule has 4 N–H and O–H groups in total. The van der Waals surface area contributed by atoms with Crippen LogP contribution < -0.4 is 16.6 Å². The van der Waals surface area contributed by atoms with Gasteiger partial charge in [0.15, 0.2) is 0 Å². The summed E-state index contributed by atoms with van der Waals surface area (Å²) in [7, 11) is 0. The number of nitrogens with one attached hydrogen (secondary N) is 2. The number of hydrogen-bond donors (Lipinski definition) is 3. The maximum atomic E-state index is 6.84. The standard InChI is InChI=1S/C36H31N3/c1-36(2)32-18-8-7-15-27(32)30-21-31-29(22-33(30)36)26(25-14-5-6-16-28(25)35(31)37)17-10-20-38-39-34-19-9-12-23-11-3-4-13-24(23)34/h3-19,21-22,38-39H,20,37H2,1-2H3/b17-10-. The second-order valence-corrected chi connectivity index (χ2v) is 10.9. The van der Waals surface area contributed by atoms with E-state index < -0.39 is 0 Å². The van der Waals surface area contributed by atoms with E-state index in [4.69, 9.17) is 5.73 Å². The molecule has 0 aliphatic heterocycles. The van der Waals surface area contributed by atoms with E-state index in [-0.39, 0.29) is 5.41 Å². The summed E-state index contributed by atoms with van der Waals surface area (Å²) in [5.41, 5.74) is 22.0. The Morgan fingerprint density at radius 2 is 1.38 bits per heavy atom. The van der Waals surface area contributed by atoms with Crippen LogP contribution in [0.15, 0.2) is 109 Å². The van der Waals surface area contributed by atoms with Crippen molar-refractivity contribution in [3.05, 3.63) is 126 Å². The first-order chi connectivity index (χ1) is 19.0. The maximum absolute atomic E-state index is 6.84. The third-order valence-electron chi connectivity index (χ3n) is 8.33. The first-order valence-electron chi connectivity index (χ1n) is 13.6. The molecule has 0 heterocycles. The second kappa shape index (κ2) is 9.00. The van der Waals surface area contributed by atoms with Crippen LogP contribution in [-0.2, 0) is 5.41 Å². The zero-order valence-electron chi connectivity index (χ0n) is 22.3. The third kappa shape index (κ3) is 3.70. The van der Waals surface area contributed by atoms with Gasteiger partial charge >= 0.3 is 0 Å². The Hall–Kier alpha value is -4.60. The average Bonchev–Trinajstić information content (AvgIpc) is 3.19. The van der Waals surface area contributed by atoms with Gasteiger partial charge in [-0.15, -0.1) is 0 Å². The molecule has 0 radical (unpaired) electrons. The highest BCUT2D eigenvalue weighted by Gasteiger charge is 2.35. The van der Waals surface area contributed by atoms with Crippen LogP contribution in [0.3, 0.4) is 0 Å². The van der Waals surface area contributed by atoms with Crippen LogP contribution in [0.2, 0.25) is 0 Å². The van der Waals surface area contributed by atoms with E-state index in [1.807, 2.05) is 0 Å². The Labute approximate surface area is 228 Å². The molecule has 6 aromatic carbocycles. The minimum Gasteiger partial charge on any atom is -0.398 e. The molecule has 0 saturated heterocycles. The third-order valence-corrected chi connectivity index (χ3v) is 8.33. The van der Waals surface area contributed by atoms with Gasteiger partial charge in [0.05, 0.1) is 5.69 Å². The average molecular weight is 506 g/mol. The van der Waals surface area contributed by atoms with Crippen molar-refractivity contribution in [1.82, 2.24) is 5.43 Å². The molecule has 3 heteroatoms. The van der Waals surface area contributed by atoms with E-state index in [1.54, 1.807) is 0 Å². The van der Waals surface area contributed by atoms with E-state index in [9.17, 15) is 0 Å². The summed E-state index contributed by atoms with van der Waals surface area (Å²) < 4.78 is 0. The van der Waals surface area contributed by atoms with Crippen LogP contribution in [0.1, 0.15) is 30.5 Å². The zero-order chi connectivity index (χ0) is 26.6. The molecule has 0 aromatic heterocycles. The van der Waals surface area contributed by atoms with Crippen molar-refractivity contribution in [2.75, 3.05) is 17.7 Å². The number of nitrogen functional groups attached to an aromatic ring is 1. The molecule has 0 fully saturated rings. The van der Waals surface area contributed by atoms with Crippen molar-refractivity contribution in [2.24, 2.45) is 0 Å². The van der Waals surface area contributed by atoms with Gasteiger partial charge in [-0.05, 0) is 62.2 Å². The molecule has 1 aliphatic carbocycles. The van der Waals surface area contributed by atoms with Gasteiger partial charge < -0.3 is 11.2 Å². The molecule has 0 spiro atoms. The van der Waals surface area contributed by atoms with Gasteiger partial charge in [-0.2, -0.15) is 0 Å². The Kier molecular flexibility index (Phi) is 5.43. The van der Waals surface area contributed by atoms with Gasteiger partial charge in [0.25, 0.3) is 0 Å². The number of rotatable bonds is 5. The number of hydrazine groups is 1. The predicted octanol–water partition coefficient (Wildman–Crippen LogP) is 8.66. The molecular formula is C36H31N3. The lowest BCUT2D eigenvalue weighted by atomic mass is 9.81. The zero-order valence-corrected chi connectivity index (χ0v) is 22.3. The maximum Gasteiger partial charge on any atom is 0.0566 e. The lowest BCUT2D eigenvalue weighted by molar-refractivity contribution is 0.661. The number of benzene rings is 6. The van der Waals surface area contributed by atoms with Crippen LogP contribution in [-0.4, -0.2) is 6.54 Å². The van der Waals surface area contributed by atoms with E-state index >= 15 is 0 Å². The summed E-state index contributed by atoms with van der Waals surface area (Å²) in [5.74, 6) is 0. The fraction of sp³-hybridized carbons (Fsp3) is 0.111. The van der Waals surface area contributed by atoms with Gasteiger partial charge in [-0.1, -0.05) is 111 Å². The summed E-state index contributed by atoms with van der Waals surface area (Å²) in [6.07, 6.45) is 4.42. The SMILES string of the molecule is CC1(C)c2ccccc2-c2cc3c(N)c4ccccc4c(/C=C\CNNc4cccc5ccccc45)c3cc21. The van der Waals surface area contributed by atoms with Crippen LogP contribution in [0, 0.1) is 0 Å². The summed E-state index contributed by atoms with van der Waals surface area (Å²) >= 11 is 0. The smallest absolute Gasteiger partial charge is 0.0566 e. The molecule has 3 nitrogen and oxygen atoms in total. The molecule has 0 saturated carbocycles. The van der Waals surface area contributed by atoms with Crippen molar-refractivity contribution in [1.29, 1.82) is 0 Å². The molecule has 0 unspecified atom stereocenters. The minimum atomic E-state index is -0.0640. The lowest BCUT2D eigenvalue weighted by Gasteiger charge is -2.22. The topological polar surface area (TPSA) is 50.1 Å².